The number of hydrogen-bond acceptors (Lipinski definition) is 7. The summed E-state index contributed by atoms with van der Waals surface area (Å²) in [5.41, 5.74) is 0.337. The Morgan fingerprint density at radius 2 is 1.92 bits per heavy atom. The van der Waals surface area contributed by atoms with E-state index in [2.05, 4.69) is 9.84 Å². The lowest BCUT2D eigenvalue weighted by Gasteiger charge is -2.28. The molecular weight excluding hydrogens is 339 g/mol. The highest BCUT2D eigenvalue weighted by atomic mass is 16.6. The van der Waals surface area contributed by atoms with Crippen molar-refractivity contribution in [2.24, 2.45) is 5.10 Å². The third-order valence-electron chi connectivity index (χ3n) is 3.05. The van der Waals surface area contributed by atoms with Gasteiger partial charge in [0.05, 0.1) is 13.3 Å². The first-order valence-corrected chi connectivity index (χ1v) is 8.29. The number of fused-ring (bicyclic) bond motifs is 1. The third-order valence-corrected chi connectivity index (χ3v) is 3.05. The summed E-state index contributed by atoms with van der Waals surface area (Å²) in [5, 5.41) is 14.3. The number of esters is 1. The van der Waals surface area contributed by atoms with Crippen molar-refractivity contribution in [1.29, 1.82) is 0 Å². The summed E-state index contributed by atoms with van der Waals surface area (Å²) in [6, 6.07) is 4.83. The average molecular weight is 364 g/mol. The minimum Gasteiger partial charge on any atom is -0.482 e. The lowest BCUT2D eigenvalue weighted by atomic mass is 9.70. The van der Waals surface area contributed by atoms with Gasteiger partial charge in [0.2, 0.25) is 0 Å². The van der Waals surface area contributed by atoms with E-state index in [9.17, 15) is 14.6 Å². The monoisotopic (exact) mass is 364 g/mol. The molecule has 1 aliphatic heterocycles. The van der Waals surface area contributed by atoms with Gasteiger partial charge in [0, 0.05) is 0 Å². The van der Waals surface area contributed by atoms with Gasteiger partial charge in [-0.2, -0.15) is 5.10 Å². The van der Waals surface area contributed by atoms with E-state index >= 15 is 0 Å². The van der Waals surface area contributed by atoms with E-state index in [-0.39, 0.29) is 6.61 Å². The number of hydrazone groups is 1. The van der Waals surface area contributed by atoms with E-state index in [1.54, 1.807) is 32.9 Å². The van der Waals surface area contributed by atoms with Gasteiger partial charge < -0.3 is 19.2 Å². The highest BCUT2D eigenvalue weighted by Crippen LogP contribution is 2.16. The lowest BCUT2D eigenvalue weighted by molar-refractivity contribution is -0.142. The standard InChI is InChI=1S/C15H19BN2O6.C2H6/c1-15(2,3)24-14(20)18-16(21)12-7-11(23-9-13(19)22-4)6-5-10(12)8-17-18;1-2/h5-8,21H,9H2,1-4H3;1-2H3. The number of ether oxygens (including phenoxy) is 3. The molecule has 0 aliphatic carbocycles. The van der Waals surface area contributed by atoms with Gasteiger partial charge >= 0.3 is 19.1 Å². The van der Waals surface area contributed by atoms with E-state index in [1.165, 1.54) is 19.4 Å². The van der Waals surface area contributed by atoms with Crippen LogP contribution in [0.2, 0.25) is 0 Å². The van der Waals surface area contributed by atoms with Crippen molar-refractivity contribution in [2.45, 2.75) is 40.2 Å². The maximum atomic E-state index is 12.1. The van der Waals surface area contributed by atoms with Crippen LogP contribution in [0.5, 0.6) is 5.75 Å². The van der Waals surface area contributed by atoms with Gasteiger partial charge in [-0.05, 0) is 43.9 Å². The summed E-state index contributed by atoms with van der Waals surface area (Å²) < 4.78 is 15.0. The summed E-state index contributed by atoms with van der Waals surface area (Å²) in [4.78, 5) is 24.1. The predicted octanol–water partition coefficient (Wildman–Crippen LogP) is 1.54. The van der Waals surface area contributed by atoms with Gasteiger partial charge in [-0.25, -0.2) is 14.5 Å². The van der Waals surface area contributed by atoms with Gasteiger partial charge in [0.25, 0.3) is 0 Å². The molecule has 0 unspecified atom stereocenters. The van der Waals surface area contributed by atoms with Crippen LogP contribution in [0, 0.1) is 0 Å². The molecule has 2 rings (SSSR count). The molecule has 9 heteroatoms. The zero-order valence-corrected chi connectivity index (χ0v) is 16.0. The topological polar surface area (TPSA) is 97.7 Å². The van der Waals surface area contributed by atoms with Gasteiger partial charge in [0.1, 0.15) is 11.4 Å². The van der Waals surface area contributed by atoms with Crippen molar-refractivity contribution in [2.75, 3.05) is 13.7 Å². The fraction of sp³-hybridized carbons (Fsp3) is 0.471. The Morgan fingerprint density at radius 1 is 1.27 bits per heavy atom. The lowest BCUT2D eigenvalue weighted by Crippen LogP contribution is -2.53. The molecule has 0 saturated heterocycles. The summed E-state index contributed by atoms with van der Waals surface area (Å²) >= 11 is 0. The first-order valence-electron chi connectivity index (χ1n) is 8.29. The van der Waals surface area contributed by atoms with E-state index < -0.39 is 24.7 Å². The van der Waals surface area contributed by atoms with Crippen LogP contribution in [0.25, 0.3) is 0 Å². The maximum absolute atomic E-state index is 12.1. The minimum atomic E-state index is -1.32. The molecule has 0 saturated carbocycles. The van der Waals surface area contributed by atoms with E-state index in [0.717, 1.165) is 4.92 Å². The Bertz CT molecular complexity index is 672. The van der Waals surface area contributed by atoms with Crippen molar-refractivity contribution in [3.8, 4) is 5.75 Å². The first kappa shape index (κ1) is 21.5. The Balaban J connectivity index is 0.00000163. The number of nitrogens with zero attached hydrogens (tertiary/aromatic N) is 2. The van der Waals surface area contributed by atoms with E-state index in [0.29, 0.717) is 16.8 Å². The number of rotatable bonds is 3. The molecule has 0 aromatic heterocycles. The average Bonchev–Trinajstić information content (AvgIpc) is 2.60. The largest absolute Gasteiger partial charge is 0.482 e. The smallest absolute Gasteiger partial charge is 0.478 e. The highest BCUT2D eigenvalue weighted by Gasteiger charge is 2.36. The number of methoxy groups -OCH3 is 1. The van der Waals surface area contributed by atoms with Gasteiger partial charge in [-0.3, -0.25) is 0 Å². The van der Waals surface area contributed by atoms with Crippen LogP contribution in [-0.4, -0.2) is 54.6 Å². The van der Waals surface area contributed by atoms with Crippen LogP contribution in [0.15, 0.2) is 23.3 Å². The van der Waals surface area contributed by atoms with Crippen LogP contribution in [0.4, 0.5) is 4.79 Å². The molecule has 142 valence electrons. The van der Waals surface area contributed by atoms with Crippen LogP contribution in [0.3, 0.4) is 0 Å². The molecule has 1 amide bonds. The van der Waals surface area contributed by atoms with E-state index in [4.69, 9.17) is 9.47 Å². The summed E-state index contributed by atoms with van der Waals surface area (Å²) in [6.45, 7) is 8.90. The molecule has 0 spiro atoms. The maximum Gasteiger partial charge on any atom is 0.478 e. The van der Waals surface area contributed by atoms with Crippen LogP contribution < -0.4 is 10.2 Å². The zero-order valence-electron chi connectivity index (χ0n) is 16.0. The normalized spacial score (nSPS) is 12.6. The molecule has 1 aliphatic rings. The van der Waals surface area contributed by atoms with Crippen LogP contribution in [0.1, 0.15) is 40.2 Å². The number of carbonyl (C=O) groups is 2. The van der Waals surface area contributed by atoms with E-state index in [1.807, 2.05) is 13.8 Å². The minimum absolute atomic E-state index is 0.255. The van der Waals surface area contributed by atoms with Crippen molar-refractivity contribution in [1.82, 2.24) is 4.92 Å². The Hall–Kier alpha value is -2.55. The Kier molecular flexibility index (Phi) is 7.64. The molecule has 1 aromatic carbocycles. The fourth-order valence-corrected chi connectivity index (χ4v) is 1.96. The number of hydrogen-bond donors (Lipinski definition) is 1. The van der Waals surface area contributed by atoms with Crippen molar-refractivity contribution < 1.29 is 28.8 Å². The second kappa shape index (κ2) is 9.24. The fourth-order valence-electron chi connectivity index (χ4n) is 1.96. The Labute approximate surface area is 153 Å². The molecular formula is C17H25BN2O6. The molecule has 0 atom stereocenters. The molecule has 1 N–H and O–H groups in total. The molecule has 8 nitrogen and oxygen atoms in total. The van der Waals surface area contributed by atoms with Gasteiger partial charge in [0.15, 0.2) is 6.61 Å². The summed E-state index contributed by atoms with van der Waals surface area (Å²) in [7, 11) is -0.0566. The Morgan fingerprint density at radius 3 is 2.50 bits per heavy atom. The van der Waals surface area contributed by atoms with Crippen molar-refractivity contribution in [3.63, 3.8) is 0 Å². The molecule has 26 heavy (non-hydrogen) atoms. The SMILES string of the molecule is CC.COC(=O)COc1ccc2c(c1)B(O)N(C(=O)OC(C)(C)C)N=C2. The summed E-state index contributed by atoms with van der Waals surface area (Å²) in [6.07, 6.45) is 0.675. The van der Waals surface area contributed by atoms with Crippen molar-refractivity contribution in [3.05, 3.63) is 23.8 Å². The molecule has 0 bridgehead atoms. The number of benzene rings is 1. The highest BCUT2D eigenvalue weighted by molar-refractivity contribution is 6.67. The predicted molar refractivity (Wildman–Crippen MR) is 98.6 cm³/mol. The van der Waals surface area contributed by atoms with Crippen LogP contribution >= 0.6 is 0 Å². The second-order valence-electron chi connectivity index (χ2n) is 6.10. The number of amides is 1. The number of carbonyl (C=O) groups excluding carboxylic acids is 2. The first-order chi connectivity index (χ1) is 12.2. The molecule has 1 aromatic rings. The third kappa shape index (κ3) is 5.77. The van der Waals surface area contributed by atoms with Crippen LogP contribution in [-0.2, 0) is 14.3 Å². The zero-order chi connectivity index (χ0) is 19.9. The molecule has 0 fully saturated rings. The van der Waals surface area contributed by atoms with Crippen molar-refractivity contribution >= 4 is 30.8 Å². The molecule has 1 heterocycles. The molecule has 0 radical (unpaired) electrons. The van der Waals surface area contributed by atoms with Gasteiger partial charge in [-0.15, -0.1) is 0 Å². The van der Waals surface area contributed by atoms with Gasteiger partial charge in [-0.1, -0.05) is 19.9 Å². The summed E-state index contributed by atoms with van der Waals surface area (Å²) in [5.74, 6) is -0.164. The quantitative estimate of drug-likeness (QED) is 0.645. The second-order valence-corrected chi connectivity index (χ2v) is 6.10.